The Balaban J connectivity index is 1.83. The van der Waals surface area contributed by atoms with Crippen LogP contribution >= 0.6 is 0 Å². The van der Waals surface area contributed by atoms with Crippen LogP contribution < -0.4 is 14.9 Å². The van der Waals surface area contributed by atoms with Gasteiger partial charge < -0.3 is 14.9 Å². The number of hydrogen-bond acceptors (Lipinski definition) is 4. The lowest BCUT2D eigenvalue weighted by atomic mass is 10.2. The molecule has 0 spiro atoms. The van der Waals surface area contributed by atoms with E-state index in [2.05, 4.69) is 10.5 Å². The molecule has 0 aliphatic rings. The predicted molar refractivity (Wildman–Crippen MR) is 80.4 cm³/mol. The minimum atomic E-state index is 0.677. The first-order valence-electron chi connectivity index (χ1n) is 6.35. The van der Waals surface area contributed by atoms with E-state index in [4.69, 9.17) is 9.47 Å². The average molecular weight is 270 g/mol. The third-order valence-electron chi connectivity index (χ3n) is 2.86. The number of hydrazone groups is 1. The second kappa shape index (κ2) is 7.19. The fraction of sp³-hybridized carbons (Fsp3) is 0.188. The maximum Gasteiger partial charge on any atom is 0.118 e. The summed E-state index contributed by atoms with van der Waals surface area (Å²) < 4.78 is 10.2. The minimum absolute atomic E-state index is 0.677. The van der Waals surface area contributed by atoms with E-state index in [1.807, 2.05) is 48.5 Å². The summed E-state index contributed by atoms with van der Waals surface area (Å²) >= 11 is 0. The van der Waals surface area contributed by atoms with E-state index in [1.54, 1.807) is 20.4 Å². The van der Waals surface area contributed by atoms with Gasteiger partial charge in [0.25, 0.3) is 0 Å². The first kappa shape index (κ1) is 13.9. The smallest absolute Gasteiger partial charge is 0.118 e. The van der Waals surface area contributed by atoms with Gasteiger partial charge in [-0.1, -0.05) is 12.1 Å². The van der Waals surface area contributed by atoms with Crippen LogP contribution in [-0.2, 0) is 6.54 Å². The highest BCUT2D eigenvalue weighted by Gasteiger charge is 1.93. The summed E-state index contributed by atoms with van der Waals surface area (Å²) in [5.74, 6) is 1.70. The van der Waals surface area contributed by atoms with Crippen molar-refractivity contribution >= 4 is 6.21 Å². The summed E-state index contributed by atoms with van der Waals surface area (Å²) in [6, 6.07) is 15.6. The average Bonchev–Trinajstić information content (AvgIpc) is 2.53. The largest absolute Gasteiger partial charge is 0.497 e. The zero-order valence-corrected chi connectivity index (χ0v) is 11.7. The Bertz CT molecular complexity index is 548. The second-order valence-electron chi connectivity index (χ2n) is 4.21. The third kappa shape index (κ3) is 4.02. The Kier molecular flexibility index (Phi) is 5.00. The third-order valence-corrected chi connectivity index (χ3v) is 2.86. The highest BCUT2D eigenvalue weighted by molar-refractivity contribution is 5.79. The van der Waals surface area contributed by atoms with Crippen molar-refractivity contribution in [2.45, 2.75) is 6.54 Å². The van der Waals surface area contributed by atoms with Gasteiger partial charge in [0.05, 0.1) is 27.0 Å². The molecule has 0 radical (unpaired) electrons. The molecule has 0 unspecified atom stereocenters. The molecule has 4 heteroatoms. The van der Waals surface area contributed by atoms with Gasteiger partial charge >= 0.3 is 0 Å². The van der Waals surface area contributed by atoms with Crippen LogP contribution in [0.4, 0.5) is 0 Å². The van der Waals surface area contributed by atoms with E-state index in [0.29, 0.717) is 6.54 Å². The van der Waals surface area contributed by atoms with Crippen molar-refractivity contribution in [1.82, 2.24) is 5.43 Å². The molecular weight excluding hydrogens is 252 g/mol. The highest BCUT2D eigenvalue weighted by atomic mass is 16.5. The number of methoxy groups -OCH3 is 2. The maximum atomic E-state index is 5.11. The standard InChI is InChI=1S/C16H18N2O2/c1-19-15-7-3-13(4-8-15)11-17-18-12-14-5-9-16(20-2)10-6-14/h3-11,18H,12H2,1-2H3. The summed E-state index contributed by atoms with van der Waals surface area (Å²) in [5.41, 5.74) is 5.19. The minimum Gasteiger partial charge on any atom is -0.497 e. The summed E-state index contributed by atoms with van der Waals surface area (Å²) in [6.07, 6.45) is 1.78. The fourth-order valence-corrected chi connectivity index (χ4v) is 1.69. The normalized spacial score (nSPS) is 10.5. The van der Waals surface area contributed by atoms with Crippen molar-refractivity contribution in [2.24, 2.45) is 5.10 Å². The Morgan fingerprint density at radius 3 is 2.00 bits per heavy atom. The summed E-state index contributed by atoms with van der Waals surface area (Å²) in [6.45, 7) is 0.677. The van der Waals surface area contributed by atoms with E-state index in [-0.39, 0.29) is 0 Å². The van der Waals surface area contributed by atoms with Gasteiger partial charge in [0.2, 0.25) is 0 Å². The summed E-state index contributed by atoms with van der Waals surface area (Å²) in [4.78, 5) is 0. The number of nitrogens with zero attached hydrogens (tertiary/aromatic N) is 1. The molecule has 0 aromatic heterocycles. The van der Waals surface area contributed by atoms with Crippen molar-refractivity contribution in [3.8, 4) is 11.5 Å². The first-order chi connectivity index (χ1) is 9.81. The molecule has 0 heterocycles. The van der Waals surface area contributed by atoms with E-state index >= 15 is 0 Å². The molecule has 0 fully saturated rings. The molecule has 0 amide bonds. The Morgan fingerprint density at radius 1 is 0.900 bits per heavy atom. The molecule has 2 rings (SSSR count). The molecule has 1 N–H and O–H groups in total. The van der Waals surface area contributed by atoms with E-state index in [9.17, 15) is 0 Å². The van der Waals surface area contributed by atoms with Crippen molar-refractivity contribution < 1.29 is 9.47 Å². The van der Waals surface area contributed by atoms with E-state index in [0.717, 1.165) is 22.6 Å². The number of nitrogens with one attached hydrogen (secondary N) is 1. The number of benzene rings is 2. The van der Waals surface area contributed by atoms with E-state index in [1.165, 1.54) is 0 Å². The quantitative estimate of drug-likeness (QED) is 0.648. The zero-order chi connectivity index (χ0) is 14.2. The molecular formula is C16H18N2O2. The molecule has 0 aliphatic carbocycles. The van der Waals surface area contributed by atoms with Crippen LogP contribution in [0.25, 0.3) is 0 Å². The van der Waals surface area contributed by atoms with Gasteiger partial charge in [-0.05, 0) is 47.5 Å². The van der Waals surface area contributed by atoms with Gasteiger partial charge in [-0.2, -0.15) is 5.10 Å². The topological polar surface area (TPSA) is 42.8 Å². The van der Waals surface area contributed by atoms with Gasteiger partial charge in [0.1, 0.15) is 11.5 Å². The lowest BCUT2D eigenvalue weighted by molar-refractivity contribution is 0.414. The lowest BCUT2D eigenvalue weighted by Crippen LogP contribution is -2.05. The molecule has 0 aliphatic heterocycles. The Labute approximate surface area is 119 Å². The molecule has 0 bridgehead atoms. The second-order valence-corrected chi connectivity index (χ2v) is 4.21. The molecule has 0 saturated heterocycles. The van der Waals surface area contributed by atoms with Gasteiger partial charge in [-0.15, -0.1) is 0 Å². The van der Waals surface area contributed by atoms with Gasteiger partial charge in [-0.25, -0.2) is 0 Å². The van der Waals surface area contributed by atoms with Crippen LogP contribution in [0.5, 0.6) is 11.5 Å². The van der Waals surface area contributed by atoms with Crippen LogP contribution in [-0.4, -0.2) is 20.4 Å². The summed E-state index contributed by atoms with van der Waals surface area (Å²) in [5, 5.41) is 4.19. The number of hydrogen-bond donors (Lipinski definition) is 1. The Morgan fingerprint density at radius 2 is 1.45 bits per heavy atom. The van der Waals surface area contributed by atoms with Crippen LogP contribution in [0.3, 0.4) is 0 Å². The SMILES string of the molecule is COc1ccc(C=NNCc2ccc(OC)cc2)cc1. The first-order valence-corrected chi connectivity index (χ1v) is 6.35. The van der Waals surface area contributed by atoms with Crippen LogP contribution in [0, 0.1) is 0 Å². The maximum absolute atomic E-state index is 5.11. The van der Waals surface area contributed by atoms with Gasteiger partial charge in [-0.3, -0.25) is 0 Å². The molecule has 0 atom stereocenters. The molecule has 20 heavy (non-hydrogen) atoms. The lowest BCUT2D eigenvalue weighted by Gasteiger charge is -2.03. The molecule has 2 aromatic carbocycles. The highest BCUT2D eigenvalue weighted by Crippen LogP contribution is 2.11. The van der Waals surface area contributed by atoms with Crippen LogP contribution in [0.2, 0.25) is 0 Å². The molecule has 2 aromatic rings. The predicted octanol–water partition coefficient (Wildman–Crippen LogP) is 2.83. The zero-order valence-electron chi connectivity index (χ0n) is 11.7. The van der Waals surface area contributed by atoms with Crippen LogP contribution in [0.15, 0.2) is 53.6 Å². The number of rotatable bonds is 6. The van der Waals surface area contributed by atoms with Crippen molar-refractivity contribution in [3.05, 3.63) is 59.7 Å². The van der Waals surface area contributed by atoms with Gasteiger partial charge in [0, 0.05) is 0 Å². The van der Waals surface area contributed by atoms with E-state index < -0.39 is 0 Å². The van der Waals surface area contributed by atoms with Gasteiger partial charge in [0.15, 0.2) is 0 Å². The summed E-state index contributed by atoms with van der Waals surface area (Å²) in [7, 11) is 3.31. The van der Waals surface area contributed by atoms with Crippen molar-refractivity contribution in [2.75, 3.05) is 14.2 Å². The number of ether oxygens (including phenoxy) is 2. The van der Waals surface area contributed by atoms with Crippen molar-refractivity contribution in [3.63, 3.8) is 0 Å². The molecule has 104 valence electrons. The van der Waals surface area contributed by atoms with Crippen molar-refractivity contribution in [1.29, 1.82) is 0 Å². The molecule has 0 saturated carbocycles. The molecule has 4 nitrogen and oxygen atoms in total. The Hall–Kier alpha value is -2.49. The fourth-order valence-electron chi connectivity index (χ4n) is 1.69. The van der Waals surface area contributed by atoms with Crippen LogP contribution in [0.1, 0.15) is 11.1 Å². The monoisotopic (exact) mass is 270 g/mol.